The van der Waals surface area contributed by atoms with Gasteiger partial charge in [-0.15, -0.1) is 0 Å². The van der Waals surface area contributed by atoms with Gasteiger partial charge in [-0.05, 0) is 42.5 Å². The average Bonchev–Trinajstić information content (AvgIpc) is 2.84. The Labute approximate surface area is 201 Å². The molecule has 0 bridgehead atoms. The van der Waals surface area contributed by atoms with Crippen LogP contribution in [0, 0.1) is 0 Å². The lowest BCUT2D eigenvalue weighted by atomic mass is 10.1. The Kier molecular flexibility index (Phi) is 7.18. The van der Waals surface area contributed by atoms with Gasteiger partial charge in [0.05, 0.1) is 31.0 Å². The number of amides is 1. The van der Waals surface area contributed by atoms with Gasteiger partial charge in [0, 0.05) is 39.9 Å². The van der Waals surface area contributed by atoms with E-state index in [1.165, 1.54) is 11.0 Å². The van der Waals surface area contributed by atoms with Crippen molar-refractivity contribution in [3.8, 4) is 0 Å². The topological polar surface area (TPSA) is 70.1 Å². The third-order valence-corrected chi connectivity index (χ3v) is 6.23. The first-order valence-electron chi connectivity index (χ1n) is 10.5. The van der Waals surface area contributed by atoms with E-state index >= 15 is 0 Å². The van der Waals surface area contributed by atoms with E-state index < -0.39 is 5.97 Å². The molecular formula is C25H22Cl2N2O4. The fraction of sp³-hybridized carbons (Fsp3) is 0.200. The summed E-state index contributed by atoms with van der Waals surface area (Å²) >= 11 is 12.8. The number of carboxylic acid groups (broad SMARTS) is 1. The SMILES string of the molecule is O=C(O)c1cc(N(Cc2c(Cl)cccc2Cl)C(=O)c2ccccc2)ccc1N1CCOCC1. The van der Waals surface area contributed by atoms with Gasteiger partial charge in [-0.2, -0.15) is 0 Å². The van der Waals surface area contributed by atoms with Crippen LogP contribution in [-0.2, 0) is 11.3 Å². The number of hydrogen-bond donors (Lipinski definition) is 1. The number of carboxylic acids is 1. The molecular weight excluding hydrogens is 463 g/mol. The highest BCUT2D eigenvalue weighted by molar-refractivity contribution is 6.36. The maximum Gasteiger partial charge on any atom is 0.337 e. The molecule has 1 amide bonds. The van der Waals surface area contributed by atoms with E-state index in [2.05, 4.69) is 0 Å². The number of carbonyl (C=O) groups is 2. The predicted molar refractivity (Wildman–Crippen MR) is 130 cm³/mol. The van der Waals surface area contributed by atoms with E-state index in [-0.39, 0.29) is 18.0 Å². The lowest BCUT2D eigenvalue weighted by Crippen LogP contribution is -2.37. The van der Waals surface area contributed by atoms with Crippen molar-refractivity contribution in [1.82, 2.24) is 0 Å². The molecule has 1 fully saturated rings. The molecule has 1 N–H and O–H groups in total. The van der Waals surface area contributed by atoms with Crippen LogP contribution in [0.5, 0.6) is 0 Å². The van der Waals surface area contributed by atoms with Crippen molar-refractivity contribution in [2.24, 2.45) is 0 Å². The minimum Gasteiger partial charge on any atom is -0.478 e. The highest BCUT2D eigenvalue weighted by Gasteiger charge is 2.24. The molecule has 3 aromatic rings. The molecule has 1 aliphatic heterocycles. The predicted octanol–water partition coefficient (Wildman–Crippen LogP) is 5.38. The second-order valence-corrected chi connectivity index (χ2v) is 8.38. The second-order valence-electron chi connectivity index (χ2n) is 7.56. The monoisotopic (exact) mass is 484 g/mol. The van der Waals surface area contributed by atoms with Crippen molar-refractivity contribution in [3.05, 3.63) is 93.5 Å². The van der Waals surface area contributed by atoms with Crippen LogP contribution >= 0.6 is 23.2 Å². The van der Waals surface area contributed by atoms with Crippen LogP contribution in [0.3, 0.4) is 0 Å². The van der Waals surface area contributed by atoms with Crippen LogP contribution in [0.4, 0.5) is 11.4 Å². The maximum absolute atomic E-state index is 13.5. The Morgan fingerprint density at radius 3 is 2.24 bits per heavy atom. The van der Waals surface area contributed by atoms with Gasteiger partial charge in [-0.1, -0.05) is 47.5 Å². The molecule has 4 rings (SSSR count). The zero-order valence-corrected chi connectivity index (χ0v) is 19.2. The van der Waals surface area contributed by atoms with Crippen LogP contribution < -0.4 is 9.80 Å². The molecule has 0 atom stereocenters. The highest BCUT2D eigenvalue weighted by Crippen LogP contribution is 2.32. The molecule has 1 aliphatic rings. The minimum atomic E-state index is -1.07. The van der Waals surface area contributed by atoms with E-state index in [0.717, 1.165) is 0 Å². The Morgan fingerprint density at radius 2 is 1.61 bits per heavy atom. The third kappa shape index (κ3) is 5.14. The van der Waals surface area contributed by atoms with Crippen molar-refractivity contribution >= 4 is 46.5 Å². The molecule has 170 valence electrons. The number of rotatable bonds is 6. The van der Waals surface area contributed by atoms with E-state index in [0.29, 0.717) is 58.9 Å². The van der Waals surface area contributed by atoms with Gasteiger partial charge in [-0.25, -0.2) is 4.79 Å². The number of halogens is 2. The number of aromatic carboxylic acids is 1. The summed E-state index contributed by atoms with van der Waals surface area (Å²) in [5.74, 6) is -1.36. The third-order valence-electron chi connectivity index (χ3n) is 5.52. The van der Waals surface area contributed by atoms with Crippen LogP contribution in [0.2, 0.25) is 10.0 Å². The van der Waals surface area contributed by atoms with Crippen molar-refractivity contribution in [3.63, 3.8) is 0 Å². The Morgan fingerprint density at radius 1 is 0.939 bits per heavy atom. The van der Waals surface area contributed by atoms with Crippen molar-refractivity contribution in [1.29, 1.82) is 0 Å². The zero-order chi connectivity index (χ0) is 23.4. The first-order valence-corrected chi connectivity index (χ1v) is 11.2. The normalized spacial score (nSPS) is 13.6. The highest BCUT2D eigenvalue weighted by atomic mass is 35.5. The van der Waals surface area contributed by atoms with Gasteiger partial charge in [-0.3, -0.25) is 4.79 Å². The minimum absolute atomic E-state index is 0.0855. The Hall–Kier alpha value is -3.06. The number of morpholine rings is 1. The second kappa shape index (κ2) is 10.3. The van der Waals surface area contributed by atoms with Crippen molar-refractivity contribution in [2.45, 2.75) is 6.54 Å². The van der Waals surface area contributed by atoms with Crippen LogP contribution in [0.25, 0.3) is 0 Å². The molecule has 1 saturated heterocycles. The van der Waals surface area contributed by atoms with Crippen molar-refractivity contribution in [2.75, 3.05) is 36.1 Å². The number of anilines is 2. The lowest BCUT2D eigenvalue weighted by Gasteiger charge is -2.31. The molecule has 0 radical (unpaired) electrons. The molecule has 8 heteroatoms. The summed E-state index contributed by atoms with van der Waals surface area (Å²) in [6.07, 6.45) is 0. The molecule has 0 saturated carbocycles. The largest absolute Gasteiger partial charge is 0.478 e. The fourth-order valence-corrected chi connectivity index (χ4v) is 4.32. The molecule has 3 aromatic carbocycles. The van der Waals surface area contributed by atoms with E-state index in [4.69, 9.17) is 27.9 Å². The van der Waals surface area contributed by atoms with Gasteiger partial charge in [0.15, 0.2) is 0 Å². The summed E-state index contributed by atoms with van der Waals surface area (Å²) in [5.41, 5.74) is 2.20. The van der Waals surface area contributed by atoms with Crippen LogP contribution in [0.1, 0.15) is 26.3 Å². The van der Waals surface area contributed by atoms with E-state index in [1.54, 1.807) is 54.6 Å². The molecule has 6 nitrogen and oxygen atoms in total. The summed E-state index contributed by atoms with van der Waals surface area (Å²) < 4.78 is 5.39. The first-order chi connectivity index (χ1) is 16.0. The number of benzene rings is 3. The fourth-order valence-electron chi connectivity index (χ4n) is 3.80. The Bertz CT molecular complexity index is 1140. The van der Waals surface area contributed by atoms with Crippen molar-refractivity contribution < 1.29 is 19.4 Å². The summed E-state index contributed by atoms with van der Waals surface area (Å²) in [6, 6.07) is 19.0. The number of hydrogen-bond acceptors (Lipinski definition) is 4. The number of carbonyl (C=O) groups excluding carboxylic acids is 1. The van der Waals surface area contributed by atoms with E-state index in [9.17, 15) is 14.7 Å². The summed E-state index contributed by atoms with van der Waals surface area (Å²) in [4.78, 5) is 29.1. The summed E-state index contributed by atoms with van der Waals surface area (Å²) in [5, 5.41) is 10.8. The molecule has 33 heavy (non-hydrogen) atoms. The lowest BCUT2D eigenvalue weighted by molar-refractivity contribution is 0.0696. The Balaban J connectivity index is 1.78. The smallest absolute Gasteiger partial charge is 0.337 e. The summed E-state index contributed by atoms with van der Waals surface area (Å²) in [6.45, 7) is 2.35. The van der Waals surface area contributed by atoms with Gasteiger partial charge < -0.3 is 19.6 Å². The van der Waals surface area contributed by atoms with Gasteiger partial charge in [0.1, 0.15) is 0 Å². The molecule has 0 aromatic heterocycles. The van der Waals surface area contributed by atoms with E-state index in [1.807, 2.05) is 11.0 Å². The molecule has 1 heterocycles. The zero-order valence-electron chi connectivity index (χ0n) is 17.7. The average molecular weight is 485 g/mol. The summed E-state index contributed by atoms with van der Waals surface area (Å²) in [7, 11) is 0. The molecule has 0 unspecified atom stereocenters. The standard InChI is InChI=1S/C25H22Cl2N2O4/c26-21-7-4-8-22(27)20(21)16-29(24(30)17-5-2-1-3-6-17)18-9-10-23(19(15-18)25(31)32)28-11-13-33-14-12-28/h1-10,15H,11-14,16H2,(H,31,32). The maximum atomic E-state index is 13.5. The first kappa shape index (κ1) is 23.1. The molecule has 0 aliphatic carbocycles. The number of nitrogens with zero attached hydrogens (tertiary/aromatic N) is 2. The van der Waals surface area contributed by atoms with Crippen LogP contribution in [-0.4, -0.2) is 43.3 Å². The van der Waals surface area contributed by atoms with Crippen LogP contribution in [0.15, 0.2) is 66.7 Å². The molecule has 0 spiro atoms. The van der Waals surface area contributed by atoms with Gasteiger partial charge in [0.2, 0.25) is 0 Å². The number of ether oxygens (including phenoxy) is 1. The van der Waals surface area contributed by atoms with Gasteiger partial charge in [0.25, 0.3) is 5.91 Å². The van der Waals surface area contributed by atoms with Gasteiger partial charge >= 0.3 is 5.97 Å². The quantitative estimate of drug-likeness (QED) is 0.508.